The maximum Gasteiger partial charge on any atom is 0.152 e. The van der Waals surface area contributed by atoms with Crippen molar-refractivity contribution in [1.29, 1.82) is 0 Å². The molecular weight excluding hydrogens is 251 g/mol. The molecule has 0 N–H and O–H groups in total. The molecule has 13 heavy (non-hydrogen) atoms. The Morgan fingerprint density at radius 3 is 2.92 bits per heavy atom. The third-order valence-corrected chi connectivity index (χ3v) is 2.58. The van der Waals surface area contributed by atoms with Crippen LogP contribution in [-0.4, -0.2) is 5.33 Å². The lowest BCUT2D eigenvalue weighted by Crippen LogP contribution is -1.78. The van der Waals surface area contributed by atoms with E-state index in [1.165, 1.54) is 0 Å². The molecule has 68 valence electrons. The molecule has 0 radical (unpaired) electrons. The summed E-state index contributed by atoms with van der Waals surface area (Å²) in [5, 5.41) is 2.66. The molecule has 0 unspecified atom stereocenters. The van der Waals surface area contributed by atoms with Crippen molar-refractivity contribution in [3.05, 3.63) is 35.0 Å². The number of alkyl halides is 1. The zero-order valence-electron chi connectivity index (χ0n) is 6.89. The Labute approximate surface area is 89.8 Å². The molecule has 0 saturated carbocycles. The molecule has 0 atom stereocenters. The van der Waals surface area contributed by atoms with E-state index in [0.717, 1.165) is 28.5 Å². The number of para-hydroxylation sites is 1. The van der Waals surface area contributed by atoms with E-state index >= 15 is 0 Å². The topological polar surface area (TPSA) is 13.1 Å². The van der Waals surface area contributed by atoms with Crippen molar-refractivity contribution in [2.24, 2.45) is 0 Å². The Balaban J connectivity index is 2.55. The van der Waals surface area contributed by atoms with E-state index < -0.39 is 0 Å². The largest absolute Gasteiger partial charge is 0.459 e. The van der Waals surface area contributed by atoms with Gasteiger partial charge in [0, 0.05) is 17.1 Å². The van der Waals surface area contributed by atoms with Crippen molar-refractivity contribution < 1.29 is 4.42 Å². The molecule has 0 aliphatic carbocycles. The molecule has 0 aliphatic heterocycles. The van der Waals surface area contributed by atoms with Gasteiger partial charge in [-0.2, -0.15) is 0 Å². The van der Waals surface area contributed by atoms with Gasteiger partial charge in [-0.05, 0) is 12.1 Å². The minimum absolute atomic E-state index is 0.679. The number of hydrogen-bond donors (Lipinski definition) is 0. The van der Waals surface area contributed by atoms with Crippen LogP contribution in [0.4, 0.5) is 0 Å². The second kappa shape index (κ2) is 3.72. The molecule has 3 heteroatoms. The van der Waals surface area contributed by atoms with Crippen LogP contribution in [0, 0.1) is 0 Å². The minimum Gasteiger partial charge on any atom is -0.459 e. The van der Waals surface area contributed by atoms with E-state index in [0.29, 0.717) is 5.02 Å². The third-order valence-electron chi connectivity index (χ3n) is 1.89. The summed E-state index contributed by atoms with van der Waals surface area (Å²) in [7, 11) is 0. The van der Waals surface area contributed by atoms with Crippen LogP contribution in [-0.2, 0) is 6.42 Å². The number of rotatable bonds is 2. The Kier molecular flexibility index (Phi) is 2.61. The van der Waals surface area contributed by atoms with Crippen molar-refractivity contribution in [2.75, 3.05) is 5.33 Å². The van der Waals surface area contributed by atoms with Crippen LogP contribution in [0.25, 0.3) is 11.0 Å². The summed E-state index contributed by atoms with van der Waals surface area (Å²) in [6, 6.07) is 7.80. The monoisotopic (exact) mass is 258 g/mol. The number of fused-ring (bicyclic) bond motifs is 1. The number of furan rings is 1. The first kappa shape index (κ1) is 9.10. The fourth-order valence-corrected chi connectivity index (χ4v) is 1.91. The maximum absolute atomic E-state index is 5.97. The molecule has 1 heterocycles. The summed E-state index contributed by atoms with van der Waals surface area (Å²) in [4.78, 5) is 0. The molecule has 0 aliphatic rings. The van der Waals surface area contributed by atoms with Gasteiger partial charge in [0.25, 0.3) is 0 Å². The highest BCUT2D eigenvalue weighted by Crippen LogP contribution is 2.26. The first-order valence-electron chi connectivity index (χ1n) is 4.04. The lowest BCUT2D eigenvalue weighted by Gasteiger charge is -1.90. The van der Waals surface area contributed by atoms with Crippen LogP contribution < -0.4 is 0 Å². The fourth-order valence-electron chi connectivity index (χ4n) is 1.30. The summed E-state index contributed by atoms with van der Waals surface area (Å²) in [5.41, 5.74) is 0.792. The second-order valence-corrected chi connectivity index (χ2v) is 4.01. The predicted molar refractivity (Wildman–Crippen MR) is 58.7 cm³/mol. The molecule has 1 nitrogen and oxygen atoms in total. The van der Waals surface area contributed by atoms with Crippen molar-refractivity contribution in [3.8, 4) is 0 Å². The highest BCUT2D eigenvalue weighted by Gasteiger charge is 2.05. The van der Waals surface area contributed by atoms with Gasteiger partial charge in [-0.1, -0.05) is 39.7 Å². The van der Waals surface area contributed by atoms with Crippen LogP contribution >= 0.6 is 27.5 Å². The van der Waals surface area contributed by atoms with Crippen LogP contribution in [0.2, 0.25) is 5.02 Å². The van der Waals surface area contributed by atoms with Crippen LogP contribution in [0.15, 0.2) is 28.7 Å². The Morgan fingerprint density at radius 2 is 2.23 bits per heavy atom. The van der Waals surface area contributed by atoms with Gasteiger partial charge < -0.3 is 4.42 Å². The second-order valence-electron chi connectivity index (χ2n) is 2.81. The molecule has 2 rings (SSSR count). The van der Waals surface area contributed by atoms with Crippen LogP contribution in [0.1, 0.15) is 5.76 Å². The van der Waals surface area contributed by atoms with Crippen molar-refractivity contribution in [3.63, 3.8) is 0 Å². The highest BCUT2D eigenvalue weighted by molar-refractivity contribution is 9.09. The number of hydrogen-bond acceptors (Lipinski definition) is 1. The maximum atomic E-state index is 5.97. The van der Waals surface area contributed by atoms with Gasteiger partial charge >= 0.3 is 0 Å². The average Bonchev–Trinajstić information content (AvgIpc) is 2.49. The van der Waals surface area contributed by atoms with E-state index in [1.54, 1.807) is 0 Å². The Bertz CT molecular complexity index is 422. The Morgan fingerprint density at radius 1 is 1.38 bits per heavy atom. The van der Waals surface area contributed by atoms with Crippen LogP contribution in [0.5, 0.6) is 0 Å². The lowest BCUT2D eigenvalue weighted by atomic mass is 10.2. The smallest absolute Gasteiger partial charge is 0.152 e. The SMILES string of the molecule is Clc1cccc2cc(CCBr)oc12. The van der Waals surface area contributed by atoms with Gasteiger partial charge in [0.05, 0.1) is 5.02 Å². The zero-order chi connectivity index (χ0) is 9.26. The molecule has 0 spiro atoms. The normalized spacial score (nSPS) is 10.9. The van der Waals surface area contributed by atoms with Gasteiger partial charge in [-0.25, -0.2) is 0 Å². The van der Waals surface area contributed by atoms with E-state index in [4.69, 9.17) is 16.0 Å². The van der Waals surface area contributed by atoms with Crippen LogP contribution in [0.3, 0.4) is 0 Å². The van der Waals surface area contributed by atoms with Crippen molar-refractivity contribution in [2.45, 2.75) is 6.42 Å². The number of aryl methyl sites for hydroxylation is 1. The highest BCUT2D eigenvalue weighted by atomic mass is 79.9. The van der Waals surface area contributed by atoms with E-state index in [-0.39, 0.29) is 0 Å². The first-order chi connectivity index (χ1) is 6.31. The molecule has 1 aromatic carbocycles. The molecule has 2 aromatic rings. The van der Waals surface area contributed by atoms with E-state index in [1.807, 2.05) is 24.3 Å². The number of halogens is 2. The Hall–Kier alpha value is -0.470. The molecule has 0 amide bonds. The van der Waals surface area contributed by atoms with Gasteiger partial charge in [0.1, 0.15) is 5.76 Å². The van der Waals surface area contributed by atoms with Gasteiger partial charge in [-0.3, -0.25) is 0 Å². The standard InChI is InChI=1S/C10H8BrClO/c11-5-4-8-6-7-2-1-3-9(12)10(7)13-8/h1-3,6H,4-5H2. The first-order valence-corrected chi connectivity index (χ1v) is 5.54. The quantitative estimate of drug-likeness (QED) is 0.742. The van der Waals surface area contributed by atoms with Gasteiger partial charge in [-0.15, -0.1) is 0 Å². The average molecular weight is 260 g/mol. The van der Waals surface area contributed by atoms with Crippen molar-refractivity contribution >= 4 is 38.5 Å². The minimum atomic E-state index is 0.679. The summed E-state index contributed by atoms with van der Waals surface area (Å²) >= 11 is 9.33. The summed E-state index contributed by atoms with van der Waals surface area (Å²) in [5.74, 6) is 0.972. The molecule has 0 fully saturated rings. The zero-order valence-corrected chi connectivity index (χ0v) is 9.23. The molecular formula is C10H8BrClO. The van der Waals surface area contributed by atoms with E-state index in [9.17, 15) is 0 Å². The fraction of sp³-hybridized carbons (Fsp3) is 0.200. The summed E-state index contributed by atoms with van der Waals surface area (Å²) in [6.45, 7) is 0. The molecule has 1 aromatic heterocycles. The lowest BCUT2D eigenvalue weighted by molar-refractivity contribution is 0.559. The van der Waals surface area contributed by atoms with Gasteiger partial charge in [0.15, 0.2) is 5.58 Å². The predicted octanol–water partition coefficient (Wildman–Crippen LogP) is 4.02. The van der Waals surface area contributed by atoms with E-state index in [2.05, 4.69) is 15.9 Å². The van der Waals surface area contributed by atoms with Gasteiger partial charge in [0.2, 0.25) is 0 Å². The van der Waals surface area contributed by atoms with Crippen molar-refractivity contribution in [1.82, 2.24) is 0 Å². The molecule has 0 saturated heterocycles. The number of benzene rings is 1. The third kappa shape index (κ3) is 1.74. The molecule has 0 bridgehead atoms. The summed E-state index contributed by atoms with van der Waals surface area (Å²) < 4.78 is 5.58. The summed E-state index contributed by atoms with van der Waals surface area (Å²) in [6.07, 6.45) is 0.894.